The number of halogens is 2. The molecule has 1 aromatic rings. The summed E-state index contributed by atoms with van der Waals surface area (Å²) in [7, 11) is 3.61. The average molecular weight is 271 g/mol. The lowest BCUT2D eigenvalue weighted by atomic mass is 10.0. The summed E-state index contributed by atoms with van der Waals surface area (Å²) in [6.07, 6.45) is -2.36. The zero-order valence-electron chi connectivity index (χ0n) is 11.4. The molecule has 0 amide bonds. The van der Waals surface area contributed by atoms with E-state index < -0.39 is 6.43 Å². The van der Waals surface area contributed by atoms with Gasteiger partial charge in [-0.1, -0.05) is 18.2 Å². The molecular weight excluding hydrogens is 252 g/mol. The summed E-state index contributed by atoms with van der Waals surface area (Å²) in [4.78, 5) is 13.4. The Morgan fingerprint density at radius 1 is 1.32 bits per heavy atom. The molecule has 1 atom stereocenters. The second-order valence-electron chi connectivity index (χ2n) is 4.46. The van der Waals surface area contributed by atoms with Crippen LogP contribution in [0.25, 0.3) is 0 Å². The average Bonchev–Trinajstić information content (AvgIpc) is 2.36. The maximum Gasteiger partial charge on any atom is 0.307 e. The van der Waals surface area contributed by atoms with Gasteiger partial charge in [-0.3, -0.25) is 4.79 Å². The second-order valence-corrected chi connectivity index (χ2v) is 4.46. The van der Waals surface area contributed by atoms with Crippen LogP contribution in [0.3, 0.4) is 0 Å². The number of rotatable bonds is 6. The van der Waals surface area contributed by atoms with Crippen LogP contribution in [0.5, 0.6) is 0 Å². The van der Waals surface area contributed by atoms with E-state index in [1.54, 1.807) is 33.2 Å². The predicted octanol–water partition coefficient (Wildman–Crippen LogP) is 3.18. The zero-order valence-corrected chi connectivity index (χ0v) is 11.4. The Kier molecular flexibility index (Phi) is 5.89. The van der Waals surface area contributed by atoms with Crippen LogP contribution in [0, 0.1) is 0 Å². The first-order chi connectivity index (χ1) is 8.95. The van der Waals surface area contributed by atoms with Gasteiger partial charge >= 0.3 is 5.97 Å². The molecule has 19 heavy (non-hydrogen) atoms. The molecule has 3 nitrogen and oxygen atoms in total. The van der Waals surface area contributed by atoms with Crippen LogP contribution in [0.15, 0.2) is 24.3 Å². The van der Waals surface area contributed by atoms with Crippen LogP contribution < -0.4 is 0 Å². The first-order valence-corrected chi connectivity index (χ1v) is 6.15. The summed E-state index contributed by atoms with van der Waals surface area (Å²) in [5, 5.41) is 0. The third-order valence-corrected chi connectivity index (χ3v) is 2.84. The highest BCUT2D eigenvalue weighted by Gasteiger charge is 2.20. The molecule has 1 aromatic carbocycles. The van der Waals surface area contributed by atoms with E-state index in [0.717, 1.165) is 0 Å². The summed E-state index contributed by atoms with van der Waals surface area (Å²) in [5.74, 6) is -0.330. The molecule has 0 aromatic heterocycles. The van der Waals surface area contributed by atoms with Crippen molar-refractivity contribution < 1.29 is 18.3 Å². The Bertz CT molecular complexity index is 422. The van der Waals surface area contributed by atoms with Gasteiger partial charge in [0.1, 0.15) is 0 Å². The number of benzene rings is 1. The Labute approximate surface area is 112 Å². The van der Waals surface area contributed by atoms with Gasteiger partial charge in [-0.25, -0.2) is 8.78 Å². The predicted molar refractivity (Wildman–Crippen MR) is 69.1 cm³/mol. The lowest BCUT2D eigenvalue weighted by molar-refractivity contribution is -0.144. The van der Waals surface area contributed by atoms with Gasteiger partial charge < -0.3 is 9.64 Å². The van der Waals surface area contributed by atoms with Gasteiger partial charge in [-0.05, 0) is 32.6 Å². The Hall–Kier alpha value is -1.49. The van der Waals surface area contributed by atoms with E-state index in [1.165, 1.54) is 12.1 Å². The molecule has 0 fully saturated rings. The van der Waals surface area contributed by atoms with Crippen molar-refractivity contribution in [3.63, 3.8) is 0 Å². The molecule has 0 heterocycles. The van der Waals surface area contributed by atoms with Crippen molar-refractivity contribution in [3.05, 3.63) is 35.4 Å². The van der Waals surface area contributed by atoms with Gasteiger partial charge in [0.05, 0.1) is 13.0 Å². The van der Waals surface area contributed by atoms with Crippen molar-refractivity contribution in [1.29, 1.82) is 0 Å². The van der Waals surface area contributed by atoms with Crippen molar-refractivity contribution in [2.45, 2.75) is 25.8 Å². The van der Waals surface area contributed by atoms with E-state index in [9.17, 15) is 13.6 Å². The number of hydrogen-bond acceptors (Lipinski definition) is 3. The Balaban J connectivity index is 2.92. The molecule has 0 aliphatic heterocycles. The molecule has 0 spiro atoms. The molecule has 0 aliphatic carbocycles. The minimum absolute atomic E-state index is 0.0341. The number of esters is 1. The van der Waals surface area contributed by atoms with Gasteiger partial charge in [-0.2, -0.15) is 0 Å². The van der Waals surface area contributed by atoms with Crippen LogP contribution in [0.1, 0.15) is 36.9 Å². The van der Waals surface area contributed by atoms with Crippen LogP contribution in [-0.4, -0.2) is 31.6 Å². The number of hydrogen-bond donors (Lipinski definition) is 0. The molecule has 0 saturated heterocycles. The molecule has 0 N–H and O–H groups in total. The monoisotopic (exact) mass is 271 g/mol. The smallest absolute Gasteiger partial charge is 0.307 e. The molecule has 0 saturated carbocycles. The van der Waals surface area contributed by atoms with Crippen molar-refractivity contribution in [3.8, 4) is 0 Å². The van der Waals surface area contributed by atoms with Gasteiger partial charge in [0.25, 0.3) is 6.43 Å². The topological polar surface area (TPSA) is 29.5 Å². The highest BCUT2D eigenvalue weighted by molar-refractivity contribution is 5.70. The van der Waals surface area contributed by atoms with Crippen LogP contribution in [0.4, 0.5) is 8.78 Å². The molecule has 0 aliphatic rings. The summed E-state index contributed by atoms with van der Waals surface area (Å²) < 4.78 is 30.3. The summed E-state index contributed by atoms with van der Waals surface area (Å²) >= 11 is 0. The lowest BCUT2D eigenvalue weighted by Gasteiger charge is -2.24. The van der Waals surface area contributed by atoms with Crippen LogP contribution >= 0.6 is 0 Å². The fraction of sp³-hybridized carbons (Fsp3) is 0.500. The summed E-state index contributed by atoms with van der Waals surface area (Å²) in [6.45, 7) is 2.05. The van der Waals surface area contributed by atoms with Gasteiger partial charge in [0.2, 0.25) is 0 Å². The van der Waals surface area contributed by atoms with Crippen LogP contribution in [-0.2, 0) is 9.53 Å². The quantitative estimate of drug-likeness (QED) is 0.744. The van der Waals surface area contributed by atoms with Gasteiger partial charge in [0, 0.05) is 11.6 Å². The van der Waals surface area contributed by atoms with E-state index in [2.05, 4.69) is 0 Å². The SMILES string of the molecule is CCOC(=O)CC(c1cccc(C(F)F)c1)N(C)C. The van der Waals surface area contributed by atoms with E-state index in [-0.39, 0.29) is 24.0 Å². The fourth-order valence-electron chi connectivity index (χ4n) is 1.88. The first kappa shape index (κ1) is 15.6. The second kappa shape index (κ2) is 7.19. The Morgan fingerprint density at radius 3 is 2.47 bits per heavy atom. The van der Waals surface area contributed by atoms with Crippen molar-refractivity contribution >= 4 is 5.97 Å². The minimum atomic E-state index is -2.51. The van der Waals surface area contributed by atoms with Crippen LogP contribution in [0.2, 0.25) is 0 Å². The van der Waals surface area contributed by atoms with E-state index in [1.807, 2.05) is 4.90 Å². The van der Waals surface area contributed by atoms with E-state index >= 15 is 0 Å². The third kappa shape index (κ3) is 4.59. The first-order valence-electron chi connectivity index (χ1n) is 6.15. The fourth-order valence-corrected chi connectivity index (χ4v) is 1.88. The summed E-state index contributed by atoms with van der Waals surface area (Å²) in [5.41, 5.74) is 0.657. The molecule has 5 heteroatoms. The minimum Gasteiger partial charge on any atom is -0.466 e. The summed E-state index contributed by atoms with van der Waals surface area (Å²) in [6, 6.07) is 5.88. The van der Waals surface area contributed by atoms with Crippen molar-refractivity contribution in [1.82, 2.24) is 4.90 Å². The molecule has 0 radical (unpaired) electrons. The van der Waals surface area contributed by atoms with Crippen molar-refractivity contribution in [2.24, 2.45) is 0 Å². The molecular formula is C14H19F2NO2. The normalized spacial score (nSPS) is 12.8. The number of carbonyl (C=O) groups is 1. The number of nitrogens with zero attached hydrogens (tertiary/aromatic N) is 1. The number of alkyl halides is 2. The molecule has 1 unspecified atom stereocenters. The maximum atomic E-state index is 12.7. The number of ether oxygens (including phenoxy) is 1. The Morgan fingerprint density at radius 2 is 1.95 bits per heavy atom. The standard InChI is InChI=1S/C14H19F2NO2/c1-4-19-13(18)9-12(17(2)3)10-6-5-7-11(8-10)14(15)16/h5-8,12,14H,4,9H2,1-3H3. The van der Waals surface area contributed by atoms with Crippen molar-refractivity contribution in [2.75, 3.05) is 20.7 Å². The molecule has 106 valence electrons. The largest absolute Gasteiger partial charge is 0.466 e. The lowest BCUT2D eigenvalue weighted by Crippen LogP contribution is -2.24. The number of carbonyl (C=O) groups excluding carboxylic acids is 1. The van der Waals surface area contributed by atoms with E-state index in [4.69, 9.17) is 4.74 Å². The van der Waals surface area contributed by atoms with Gasteiger partial charge in [-0.15, -0.1) is 0 Å². The zero-order chi connectivity index (χ0) is 14.4. The van der Waals surface area contributed by atoms with Gasteiger partial charge in [0.15, 0.2) is 0 Å². The highest BCUT2D eigenvalue weighted by Crippen LogP contribution is 2.27. The van der Waals surface area contributed by atoms with E-state index in [0.29, 0.717) is 12.2 Å². The molecule has 1 rings (SSSR count). The molecule has 0 bridgehead atoms. The highest BCUT2D eigenvalue weighted by atomic mass is 19.3. The third-order valence-electron chi connectivity index (χ3n) is 2.84. The maximum absolute atomic E-state index is 12.7.